The first-order valence-corrected chi connectivity index (χ1v) is 6.36. The molecule has 0 unspecified atom stereocenters. The van der Waals surface area contributed by atoms with Gasteiger partial charge in [-0.2, -0.15) is 0 Å². The third kappa shape index (κ3) is 11.7. The Morgan fingerprint density at radius 2 is 1.60 bits per heavy atom. The molecule has 0 aliphatic carbocycles. The van der Waals surface area contributed by atoms with Crippen LogP contribution in [0.25, 0.3) is 0 Å². The lowest BCUT2D eigenvalue weighted by molar-refractivity contribution is 0.717. The summed E-state index contributed by atoms with van der Waals surface area (Å²) in [5.74, 6) is 0. The summed E-state index contributed by atoms with van der Waals surface area (Å²) >= 11 is 10.1. The fourth-order valence-electron chi connectivity index (χ4n) is 1.22. The largest absolute Gasteiger partial charge is 0.106 e. The number of halogens is 2. The van der Waals surface area contributed by atoms with Crippen LogP contribution in [-0.4, -0.2) is 4.84 Å². The number of benzene rings is 1. The Balaban J connectivity index is 0.000000423. The molecule has 1 aromatic rings. The fourth-order valence-corrected chi connectivity index (χ4v) is 1.22. The first-order chi connectivity index (χ1) is 7.16. The minimum absolute atomic E-state index is 0.222. The molecule has 0 heterocycles. The lowest BCUT2D eigenvalue weighted by atomic mass is 10.1. The van der Waals surface area contributed by atoms with E-state index >= 15 is 0 Å². The van der Waals surface area contributed by atoms with Gasteiger partial charge in [0.2, 0.25) is 0 Å². The smallest absolute Gasteiger partial charge is 0.105 e. The predicted octanol–water partition coefficient (Wildman–Crippen LogP) is 5.23. The molecule has 0 atom stereocenters. The van der Waals surface area contributed by atoms with E-state index in [1.54, 1.807) is 6.92 Å². The average molecular weight is 247 g/mol. The van der Waals surface area contributed by atoms with Crippen molar-refractivity contribution in [2.75, 3.05) is 0 Å². The maximum atomic E-state index is 5.04. The molecule has 0 saturated heterocycles. The topological polar surface area (TPSA) is 0 Å². The van der Waals surface area contributed by atoms with Crippen molar-refractivity contribution in [3.05, 3.63) is 35.9 Å². The van der Waals surface area contributed by atoms with Crippen molar-refractivity contribution in [1.82, 2.24) is 0 Å². The molecule has 0 bridgehead atoms. The molecule has 1 rings (SSSR count). The van der Waals surface area contributed by atoms with Crippen molar-refractivity contribution in [2.24, 2.45) is 0 Å². The number of hydrogen-bond donors (Lipinski definition) is 0. The Hall–Kier alpha value is -0.200. The first-order valence-electron chi connectivity index (χ1n) is 5.49. The van der Waals surface area contributed by atoms with Gasteiger partial charge in [-0.15, -0.1) is 23.2 Å². The van der Waals surface area contributed by atoms with Crippen molar-refractivity contribution < 1.29 is 0 Å². The minimum Gasteiger partial charge on any atom is -0.106 e. The first kappa shape index (κ1) is 14.8. The van der Waals surface area contributed by atoms with Crippen LogP contribution in [0.5, 0.6) is 0 Å². The molecule has 0 amide bonds. The third-order valence-electron chi connectivity index (χ3n) is 1.91. The second-order valence-electron chi connectivity index (χ2n) is 3.46. The van der Waals surface area contributed by atoms with Gasteiger partial charge < -0.3 is 0 Å². The molecule has 0 aromatic heterocycles. The van der Waals surface area contributed by atoms with E-state index in [4.69, 9.17) is 23.2 Å². The summed E-state index contributed by atoms with van der Waals surface area (Å²) in [5.41, 5.74) is 1.47. The molecule has 0 N–H and O–H groups in total. The van der Waals surface area contributed by atoms with Crippen LogP contribution in [0.4, 0.5) is 0 Å². The van der Waals surface area contributed by atoms with Crippen LogP contribution in [0.2, 0.25) is 0 Å². The van der Waals surface area contributed by atoms with Gasteiger partial charge in [0.15, 0.2) is 0 Å². The maximum Gasteiger partial charge on any atom is 0.105 e. The molecule has 0 aliphatic heterocycles. The van der Waals surface area contributed by atoms with Gasteiger partial charge in [0.05, 0.1) is 0 Å². The zero-order chi connectivity index (χ0) is 11.5. The summed E-state index contributed by atoms with van der Waals surface area (Å²) in [7, 11) is 0. The predicted molar refractivity (Wildman–Crippen MR) is 70.8 cm³/mol. The highest BCUT2D eigenvalue weighted by Gasteiger charge is 1.89. The van der Waals surface area contributed by atoms with E-state index in [2.05, 4.69) is 37.3 Å². The van der Waals surface area contributed by atoms with Crippen molar-refractivity contribution in [1.29, 1.82) is 0 Å². The summed E-state index contributed by atoms with van der Waals surface area (Å²) < 4.78 is 0. The summed E-state index contributed by atoms with van der Waals surface area (Å²) in [5, 5.41) is 0. The van der Waals surface area contributed by atoms with Crippen LogP contribution in [0.15, 0.2) is 30.3 Å². The van der Waals surface area contributed by atoms with Gasteiger partial charge in [-0.3, -0.25) is 0 Å². The molecule has 86 valence electrons. The lowest BCUT2D eigenvalue weighted by Crippen LogP contribution is -1.83. The number of rotatable bonds is 4. The molecular weight excluding hydrogens is 227 g/mol. The Kier molecular flexibility index (Phi) is 10.2. The summed E-state index contributed by atoms with van der Waals surface area (Å²) in [4.78, 5) is -0.222. The normalized spacial score (nSPS) is 9.67. The van der Waals surface area contributed by atoms with Gasteiger partial charge >= 0.3 is 0 Å². The fraction of sp³-hybridized carbons (Fsp3) is 0.538. The van der Waals surface area contributed by atoms with Crippen molar-refractivity contribution in [3.63, 3.8) is 0 Å². The summed E-state index contributed by atoms with van der Waals surface area (Å²) in [6.07, 6.45) is 5.25. The molecule has 0 radical (unpaired) electrons. The molecular formula is C13H20Cl2. The second-order valence-corrected chi connectivity index (χ2v) is 4.99. The van der Waals surface area contributed by atoms with E-state index in [-0.39, 0.29) is 4.84 Å². The van der Waals surface area contributed by atoms with Gasteiger partial charge in [-0.05, 0) is 25.3 Å². The highest BCUT2D eigenvalue weighted by molar-refractivity contribution is 6.43. The van der Waals surface area contributed by atoms with Crippen molar-refractivity contribution in [2.45, 2.75) is 44.4 Å². The summed E-state index contributed by atoms with van der Waals surface area (Å²) in [6.45, 7) is 3.94. The standard InChI is InChI=1S/C11H16.C2H4Cl2/c1-2-3-5-8-11-9-6-4-7-10-11;1-2(3)4/h4,6-7,9-10H,2-3,5,8H2,1H3;2H,1H3. The number of aryl methyl sites for hydroxylation is 1. The zero-order valence-electron chi connectivity index (χ0n) is 9.55. The SMILES string of the molecule is CC(Cl)Cl.CCCCCc1ccccc1. The molecule has 0 aliphatic rings. The van der Waals surface area contributed by atoms with E-state index in [1.165, 1.54) is 31.2 Å². The number of unbranched alkanes of at least 4 members (excludes halogenated alkanes) is 2. The van der Waals surface area contributed by atoms with Crippen LogP contribution in [0, 0.1) is 0 Å². The molecule has 0 saturated carbocycles. The second kappa shape index (κ2) is 10.3. The van der Waals surface area contributed by atoms with Crippen LogP contribution < -0.4 is 0 Å². The number of hydrogen-bond acceptors (Lipinski definition) is 0. The van der Waals surface area contributed by atoms with Gasteiger partial charge in [-0.1, -0.05) is 50.1 Å². The molecule has 0 spiro atoms. The minimum atomic E-state index is -0.222. The molecule has 0 fully saturated rings. The van der Waals surface area contributed by atoms with Crippen LogP contribution in [-0.2, 0) is 6.42 Å². The van der Waals surface area contributed by atoms with Crippen LogP contribution >= 0.6 is 23.2 Å². The maximum absolute atomic E-state index is 5.04. The van der Waals surface area contributed by atoms with Gasteiger partial charge in [0.1, 0.15) is 4.84 Å². The van der Waals surface area contributed by atoms with Gasteiger partial charge in [-0.25, -0.2) is 0 Å². The van der Waals surface area contributed by atoms with E-state index < -0.39 is 0 Å². The van der Waals surface area contributed by atoms with Crippen LogP contribution in [0.3, 0.4) is 0 Å². The summed E-state index contributed by atoms with van der Waals surface area (Å²) in [6, 6.07) is 10.7. The molecule has 2 heteroatoms. The molecule has 0 nitrogen and oxygen atoms in total. The van der Waals surface area contributed by atoms with Gasteiger partial charge in [0.25, 0.3) is 0 Å². The lowest BCUT2D eigenvalue weighted by Gasteiger charge is -1.98. The Bertz CT molecular complexity index is 216. The quantitative estimate of drug-likeness (QED) is 0.504. The van der Waals surface area contributed by atoms with Crippen molar-refractivity contribution >= 4 is 23.2 Å². The van der Waals surface area contributed by atoms with E-state index in [9.17, 15) is 0 Å². The molecule has 15 heavy (non-hydrogen) atoms. The Morgan fingerprint density at radius 3 is 2.07 bits per heavy atom. The van der Waals surface area contributed by atoms with E-state index in [0.717, 1.165) is 0 Å². The molecule has 1 aromatic carbocycles. The highest BCUT2D eigenvalue weighted by Crippen LogP contribution is 2.05. The van der Waals surface area contributed by atoms with E-state index in [1.807, 2.05) is 0 Å². The third-order valence-corrected chi connectivity index (χ3v) is 1.91. The highest BCUT2D eigenvalue weighted by atomic mass is 35.5. The van der Waals surface area contributed by atoms with Crippen molar-refractivity contribution in [3.8, 4) is 0 Å². The monoisotopic (exact) mass is 246 g/mol. The van der Waals surface area contributed by atoms with Gasteiger partial charge in [0, 0.05) is 0 Å². The Labute approximate surface area is 104 Å². The zero-order valence-corrected chi connectivity index (χ0v) is 11.1. The Morgan fingerprint density at radius 1 is 1.07 bits per heavy atom. The van der Waals surface area contributed by atoms with Crippen LogP contribution in [0.1, 0.15) is 38.7 Å². The van der Waals surface area contributed by atoms with E-state index in [0.29, 0.717) is 0 Å². The average Bonchev–Trinajstić information content (AvgIpc) is 2.19. The number of alkyl halides is 2.